The van der Waals surface area contributed by atoms with Crippen LogP contribution in [0.25, 0.3) is 0 Å². The van der Waals surface area contributed by atoms with Crippen LogP contribution in [-0.4, -0.2) is 20.3 Å². The molecule has 0 aromatic rings. The van der Waals surface area contributed by atoms with Gasteiger partial charge in [0.05, 0.1) is 0 Å². The van der Waals surface area contributed by atoms with Crippen LogP contribution in [-0.2, 0) is 4.74 Å². The van der Waals surface area contributed by atoms with E-state index >= 15 is 0 Å². The molecule has 2 N–H and O–H groups in total. The zero-order valence-electron chi connectivity index (χ0n) is 7.52. The van der Waals surface area contributed by atoms with Crippen molar-refractivity contribution in [2.75, 3.05) is 20.3 Å². The van der Waals surface area contributed by atoms with Gasteiger partial charge in [0.2, 0.25) is 0 Å². The molecule has 0 bridgehead atoms. The average molecular weight is 147 g/mol. The first-order chi connectivity index (χ1) is 5.00. The predicted octanol–water partition coefficient (Wildman–Crippen LogP) is 1.79. The number of rotatable bonds is 0. The third-order valence-electron chi connectivity index (χ3n) is 1.08. The molecule has 0 amide bonds. The second kappa shape index (κ2) is 16.0. The topological polar surface area (TPSA) is 35.2 Å². The van der Waals surface area contributed by atoms with Gasteiger partial charge in [-0.15, -0.1) is 0 Å². The van der Waals surface area contributed by atoms with Gasteiger partial charge in [-0.1, -0.05) is 13.8 Å². The molecule has 0 unspecified atom stereocenters. The largest absolute Gasteiger partial charge is 0.381 e. The highest BCUT2D eigenvalue weighted by Gasteiger charge is 1.94. The Bertz CT molecular complexity index is 24.7. The van der Waals surface area contributed by atoms with E-state index in [9.17, 15) is 0 Å². The molecule has 64 valence electrons. The number of nitrogens with two attached hydrogens (primary N) is 1. The first kappa shape index (κ1) is 12.6. The first-order valence-corrected chi connectivity index (χ1v) is 4.15. The van der Waals surface area contributed by atoms with E-state index in [0.717, 1.165) is 13.2 Å². The van der Waals surface area contributed by atoms with Crippen LogP contribution < -0.4 is 5.73 Å². The Morgan fingerprint density at radius 1 is 0.900 bits per heavy atom. The monoisotopic (exact) mass is 147 g/mol. The van der Waals surface area contributed by atoms with Crippen LogP contribution >= 0.6 is 0 Å². The maximum absolute atomic E-state index is 5.07. The van der Waals surface area contributed by atoms with E-state index in [0.29, 0.717) is 0 Å². The van der Waals surface area contributed by atoms with E-state index in [1.54, 1.807) is 0 Å². The first-order valence-electron chi connectivity index (χ1n) is 4.15. The van der Waals surface area contributed by atoms with Crippen molar-refractivity contribution in [2.45, 2.75) is 33.1 Å². The maximum atomic E-state index is 5.07. The standard InChI is InChI=1S/C5H10O.C2H6.CH5N/c1-2-4-6-5-3-1;2*1-2/h1-5H2;1-2H3;2H2,1H3. The van der Waals surface area contributed by atoms with Crippen LogP contribution in [0.1, 0.15) is 33.1 Å². The van der Waals surface area contributed by atoms with E-state index in [1.165, 1.54) is 26.3 Å². The summed E-state index contributed by atoms with van der Waals surface area (Å²) in [5.74, 6) is 0. The summed E-state index contributed by atoms with van der Waals surface area (Å²) in [4.78, 5) is 0. The van der Waals surface area contributed by atoms with Crippen molar-refractivity contribution in [3.63, 3.8) is 0 Å². The molecular weight excluding hydrogens is 126 g/mol. The third kappa shape index (κ3) is 10.8. The van der Waals surface area contributed by atoms with E-state index in [4.69, 9.17) is 4.74 Å². The van der Waals surface area contributed by atoms with E-state index in [2.05, 4.69) is 5.73 Å². The number of hydrogen-bond acceptors (Lipinski definition) is 2. The summed E-state index contributed by atoms with van der Waals surface area (Å²) in [6.45, 7) is 6.00. The number of ether oxygens (including phenoxy) is 1. The van der Waals surface area contributed by atoms with E-state index in [1.807, 2.05) is 13.8 Å². The zero-order chi connectivity index (χ0) is 8.24. The van der Waals surface area contributed by atoms with Gasteiger partial charge < -0.3 is 10.5 Å². The average Bonchev–Trinajstić information content (AvgIpc) is 2.14. The Morgan fingerprint density at radius 2 is 1.30 bits per heavy atom. The van der Waals surface area contributed by atoms with E-state index in [-0.39, 0.29) is 0 Å². The molecule has 2 nitrogen and oxygen atoms in total. The molecule has 1 fully saturated rings. The van der Waals surface area contributed by atoms with Gasteiger partial charge in [0.1, 0.15) is 0 Å². The summed E-state index contributed by atoms with van der Waals surface area (Å²) in [5, 5.41) is 0. The van der Waals surface area contributed by atoms with Crippen molar-refractivity contribution >= 4 is 0 Å². The lowest BCUT2D eigenvalue weighted by atomic mass is 10.2. The second-order valence-electron chi connectivity index (χ2n) is 1.67. The summed E-state index contributed by atoms with van der Waals surface area (Å²) in [6.07, 6.45) is 3.93. The lowest BCUT2D eigenvalue weighted by molar-refractivity contribution is 0.0968. The SMILES string of the molecule is C1CCOCC1.CC.CN. The fourth-order valence-corrected chi connectivity index (χ4v) is 0.687. The summed E-state index contributed by atoms with van der Waals surface area (Å²) in [7, 11) is 1.50. The van der Waals surface area contributed by atoms with Crippen LogP contribution in [0, 0.1) is 0 Å². The van der Waals surface area contributed by atoms with Crippen molar-refractivity contribution in [3.05, 3.63) is 0 Å². The molecule has 0 aromatic carbocycles. The number of hydrogen-bond donors (Lipinski definition) is 1. The van der Waals surface area contributed by atoms with Crippen LogP contribution in [0.15, 0.2) is 0 Å². The molecule has 0 spiro atoms. The predicted molar refractivity (Wildman–Crippen MR) is 46.1 cm³/mol. The molecule has 0 aromatic heterocycles. The van der Waals surface area contributed by atoms with Crippen LogP contribution in [0.4, 0.5) is 0 Å². The second-order valence-corrected chi connectivity index (χ2v) is 1.67. The molecule has 0 atom stereocenters. The Hall–Kier alpha value is -0.0800. The van der Waals surface area contributed by atoms with Crippen molar-refractivity contribution < 1.29 is 4.74 Å². The smallest absolute Gasteiger partial charge is 0.0466 e. The highest BCUT2D eigenvalue weighted by Crippen LogP contribution is 2.02. The van der Waals surface area contributed by atoms with Gasteiger partial charge in [-0.2, -0.15) is 0 Å². The molecule has 1 aliphatic rings. The van der Waals surface area contributed by atoms with Crippen molar-refractivity contribution in [3.8, 4) is 0 Å². The highest BCUT2D eigenvalue weighted by molar-refractivity contribution is 4.45. The van der Waals surface area contributed by atoms with Crippen LogP contribution in [0.5, 0.6) is 0 Å². The normalized spacial score (nSPS) is 15.6. The minimum atomic E-state index is 1.00. The lowest BCUT2D eigenvalue weighted by Gasteiger charge is -2.08. The van der Waals surface area contributed by atoms with Gasteiger partial charge in [-0.3, -0.25) is 0 Å². The molecule has 0 radical (unpaired) electrons. The molecule has 1 saturated heterocycles. The Kier molecular flexibility index (Phi) is 20.1. The molecule has 1 aliphatic heterocycles. The molecule has 1 rings (SSSR count). The van der Waals surface area contributed by atoms with Crippen LogP contribution in [0.3, 0.4) is 0 Å². The summed E-state index contributed by atoms with van der Waals surface area (Å²) in [5.41, 5.74) is 4.50. The van der Waals surface area contributed by atoms with Gasteiger partial charge >= 0.3 is 0 Å². The van der Waals surface area contributed by atoms with Crippen molar-refractivity contribution in [1.29, 1.82) is 0 Å². The zero-order valence-corrected chi connectivity index (χ0v) is 7.52. The van der Waals surface area contributed by atoms with Crippen molar-refractivity contribution in [2.24, 2.45) is 5.73 Å². The fourth-order valence-electron chi connectivity index (χ4n) is 0.687. The third-order valence-corrected chi connectivity index (χ3v) is 1.08. The summed E-state index contributed by atoms with van der Waals surface area (Å²) in [6, 6.07) is 0. The minimum Gasteiger partial charge on any atom is -0.381 e. The molecule has 2 heteroatoms. The molecule has 1 heterocycles. The Balaban J connectivity index is 0. The van der Waals surface area contributed by atoms with Gasteiger partial charge in [0.15, 0.2) is 0 Å². The van der Waals surface area contributed by atoms with Crippen LogP contribution in [0.2, 0.25) is 0 Å². The lowest BCUT2D eigenvalue weighted by Crippen LogP contribution is -2.03. The van der Waals surface area contributed by atoms with E-state index < -0.39 is 0 Å². The minimum absolute atomic E-state index is 1.00. The molecule has 10 heavy (non-hydrogen) atoms. The fraction of sp³-hybridized carbons (Fsp3) is 1.00. The van der Waals surface area contributed by atoms with Gasteiger partial charge in [0.25, 0.3) is 0 Å². The van der Waals surface area contributed by atoms with Gasteiger partial charge in [-0.05, 0) is 26.3 Å². The summed E-state index contributed by atoms with van der Waals surface area (Å²) >= 11 is 0. The van der Waals surface area contributed by atoms with Gasteiger partial charge in [0, 0.05) is 13.2 Å². The van der Waals surface area contributed by atoms with Crippen molar-refractivity contribution in [1.82, 2.24) is 0 Å². The summed E-state index contributed by atoms with van der Waals surface area (Å²) < 4.78 is 5.07. The highest BCUT2D eigenvalue weighted by atomic mass is 16.5. The Morgan fingerprint density at radius 3 is 1.40 bits per heavy atom. The van der Waals surface area contributed by atoms with Gasteiger partial charge in [-0.25, -0.2) is 0 Å². The molecule has 0 aliphatic carbocycles. The molecular formula is C8H21NO. The Labute approximate surface area is 64.8 Å². The quantitative estimate of drug-likeness (QED) is 0.567. The molecule has 0 saturated carbocycles. The maximum Gasteiger partial charge on any atom is 0.0466 e.